The highest BCUT2D eigenvalue weighted by atomic mass is 16.5. The molecule has 0 spiro atoms. The monoisotopic (exact) mass is 719 g/mol. The number of aliphatic hydroxyl groups excluding tert-OH is 2. The number of aliphatic hydroxyl groups is 2. The van der Waals surface area contributed by atoms with Crippen LogP contribution in [0.25, 0.3) is 0 Å². The third-order valence-corrected chi connectivity index (χ3v) is 8.08. The van der Waals surface area contributed by atoms with Gasteiger partial charge in [0.25, 0.3) is 0 Å². The maximum Gasteiger partial charge on any atom is 0.308 e. The van der Waals surface area contributed by atoms with E-state index in [-0.39, 0.29) is 42.9 Å². The van der Waals surface area contributed by atoms with Crippen molar-refractivity contribution in [2.45, 2.75) is 136 Å². The molecule has 288 valence electrons. The maximum absolute atomic E-state index is 13.3. The zero-order valence-electron chi connectivity index (χ0n) is 31.7. The van der Waals surface area contributed by atoms with Crippen LogP contribution in [0.3, 0.4) is 0 Å². The Morgan fingerprint density at radius 1 is 0.588 bits per heavy atom. The number of ether oxygens (including phenoxy) is 1. The van der Waals surface area contributed by atoms with E-state index in [1.807, 2.05) is 71.9 Å². The quantitative estimate of drug-likeness (QED) is 0.0865. The van der Waals surface area contributed by atoms with Crippen LogP contribution in [-0.4, -0.2) is 95.2 Å². The number of esters is 1. The molecule has 0 aliphatic carbocycles. The second-order valence-corrected chi connectivity index (χ2v) is 14.5. The Morgan fingerprint density at radius 2 is 1.06 bits per heavy atom. The molecule has 0 unspecified atom stereocenters. The Morgan fingerprint density at radius 3 is 1.53 bits per heavy atom. The van der Waals surface area contributed by atoms with Gasteiger partial charge in [-0.1, -0.05) is 71.9 Å². The van der Waals surface area contributed by atoms with E-state index >= 15 is 0 Å². The van der Waals surface area contributed by atoms with Crippen molar-refractivity contribution in [3.8, 4) is 0 Å². The highest BCUT2D eigenvalue weighted by Crippen LogP contribution is 2.14. The molecule has 0 bridgehead atoms. The number of hydrogen-bond donors (Lipinski definition) is 7. The minimum absolute atomic E-state index is 0.0170. The molecule has 1 aromatic carbocycles. The van der Waals surface area contributed by atoms with Crippen molar-refractivity contribution in [3.05, 3.63) is 35.9 Å². The Labute approximate surface area is 302 Å². The van der Waals surface area contributed by atoms with Crippen molar-refractivity contribution in [1.82, 2.24) is 26.6 Å². The second-order valence-electron chi connectivity index (χ2n) is 14.5. The van der Waals surface area contributed by atoms with Crippen LogP contribution in [0.2, 0.25) is 0 Å². The first-order valence-corrected chi connectivity index (χ1v) is 17.8. The Hall–Kier alpha value is -4.04. The molecule has 14 heteroatoms. The van der Waals surface area contributed by atoms with Crippen LogP contribution in [-0.2, 0) is 39.9 Å². The molecule has 7 atom stereocenters. The predicted molar refractivity (Wildman–Crippen MR) is 193 cm³/mol. The molecule has 0 saturated carbocycles. The summed E-state index contributed by atoms with van der Waals surface area (Å²) in [5, 5.41) is 35.0. The fourth-order valence-electron chi connectivity index (χ4n) is 5.41. The van der Waals surface area contributed by atoms with Crippen molar-refractivity contribution < 1.29 is 43.7 Å². The fraction of sp³-hybridized carbons (Fsp3) is 0.676. The van der Waals surface area contributed by atoms with Gasteiger partial charge in [-0.15, -0.1) is 0 Å². The molecular weight excluding hydrogens is 658 g/mol. The standard InChI is InChI=1S/C37H61N5O9/c1-21(2)15-27(30(43)19-33(46)38-24(7)35(48)42-28(16-22(3)4)31(44)20-34(47)51-9)41-36(49)25(8)39-37(50)29(40-32(45)17-23(5)6)18-26-13-11-10-12-14-26/h10-14,21-25,27-31,43-44H,15-20H2,1-9H3,(H,38,46)(H,39,50)(H,40,45)(H,41,49)(H,42,48)/t24-,25-,27-,28-,29-,30-,31-/m0/s1. The molecule has 0 saturated heterocycles. The van der Waals surface area contributed by atoms with Gasteiger partial charge in [0, 0.05) is 12.8 Å². The first-order chi connectivity index (χ1) is 23.8. The number of nitrogens with one attached hydrogen (secondary N) is 5. The van der Waals surface area contributed by atoms with Gasteiger partial charge in [-0.05, 0) is 50.0 Å². The van der Waals surface area contributed by atoms with Gasteiger partial charge < -0.3 is 41.5 Å². The Bertz CT molecular complexity index is 1270. The van der Waals surface area contributed by atoms with Gasteiger partial charge in [0.2, 0.25) is 29.5 Å². The van der Waals surface area contributed by atoms with Gasteiger partial charge in [-0.25, -0.2) is 0 Å². The third-order valence-electron chi connectivity index (χ3n) is 8.08. The Kier molecular flexibility index (Phi) is 20.0. The normalized spacial score (nSPS) is 15.5. The van der Waals surface area contributed by atoms with E-state index in [1.54, 1.807) is 0 Å². The molecular formula is C37H61N5O9. The number of amides is 5. The van der Waals surface area contributed by atoms with Gasteiger partial charge in [0.15, 0.2) is 0 Å². The number of hydrogen-bond acceptors (Lipinski definition) is 9. The second kappa shape index (κ2) is 22.7. The molecule has 5 amide bonds. The number of benzene rings is 1. The highest BCUT2D eigenvalue weighted by molar-refractivity contribution is 5.92. The average Bonchev–Trinajstić information content (AvgIpc) is 3.02. The molecule has 1 aromatic rings. The van der Waals surface area contributed by atoms with Gasteiger partial charge in [-0.2, -0.15) is 0 Å². The van der Waals surface area contributed by atoms with Gasteiger partial charge in [-0.3, -0.25) is 28.8 Å². The summed E-state index contributed by atoms with van der Waals surface area (Å²) in [5.74, 6) is -3.09. The lowest BCUT2D eigenvalue weighted by Gasteiger charge is -2.28. The largest absolute Gasteiger partial charge is 0.469 e. The van der Waals surface area contributed by atoms with Gasteiger partial charge in [0.1, 0.15) is 18.1 Å². The van der Waals surface area contributed by atoms with E-state index < -0.39 is 78.4 Å². The van der Waals surface area contributed by atoms with E-state index in [1.165, 1.54) is 21.0 Å². The zero-order valence-corrected chi connectivity index (χ0v) is 31.7. The van der Waals surface area contributed by atoms with Crippen molar-refractivity contribution in [3.63, 3.8) is 0 Å². The molecule has 0 aliphatic heterocycles. The summed E-state index contributed by atoms with van der Waals surface area (Å²) in [6, 6.07) is 4.56. The molecule has 0 radical (unpaired) electrons. The number of carbonyl (C=O) groups excluding carboxylic acids is 6. The lowest BCUT2D eigenvalue weighted by Crippen LogP contribution is -2.56. The van der Waals surface area contributed by atoms with E-state index in [4.69, 9.17) is 0 Å². The predicted octanol–water partition coefficient (Wildman–Crippen LogP) is 1.51. The van der Waals surface area contributed by atoms with Crippen LogP contribution < -0.4 is 26.6 Å². The van der Waals surface area contributed by atoms with Gasteiger partial charge >= 0.3 is 5.97 Å². The summed E-state index contributed by atoms with van der Waals surface area (Å²) >= 11 is 0. The molecule has 0 aliphatic rings. The Balaban J connectivity index is 2.90. The summed E-state index contributed by atoms with van der Waals surface area (Å²) < 4.78 is 4.62. The molecule has 0 heterocycles. The smallest absolute Gasteiger partial charge is 0.308 e. The topological polar surface area (TPSA) is 212 Å². The summed E-state index contributed by atoms with van der Waals surface area (Å²) in [6.07, 6.45) is -2.12. The minimum Gasteiger partial charge on any atom is -0.469 e. The summed E-state index contributed by atoms with van der Waals surface area (Å²) in [6.45, 7) is 14.3. The molecule has 14 nitrogen and oxygen atoms in total. The molecule has 0 aromatic heterocycles. The third kappa shape index (κ3) is 18.1. The number of rotatable bonds is 22. The van der Waals surface area contributed by atoms with E-state index in [0.717, 1.165) is 5.56 Å². The van der Waals surface area contributed by atoms with Crippen LogP contribution in [0, 0.1) is 17.8 Å². The van der Waals surface area contributed by atoms with Crippen molar-refractivity contribution >= 4 is 35.5 Å². The number of methoxy groups -OCH3 is 1. The molecule has 0 fully saturated rings. The fourth-order valence-corrected chi connectivity index (χ4v) is 5.41. The molecule has 51 heavy (non-hydrogen) atoms. The van der Waals surface area contributed by atoms with Gasteiger partial charge in [0.05, 0.1) is 44.2 Å². The van der Waals surface area contributed by atoms with Crippen LogP contribution >= 0.6 is 0 Å². The molecule has 1 rings (SSSR count). The highest BCUT2D eigenvalue weighted by Gasteiger charge is 2.31. The van der Waals surface area contributed by atoms with Crippen molar-refractivity contribution in [2.75, 3.05) is 7.11 Å². The van der Waals surface area contributed by atoms with E-state index in [0.29, 0.717) is 12.8 Å². The SMILES string of the molecule is COC(=O)C[C@H](O)[C@H](CC(C)C)NC(=O)[C@H](C)NC(=O)C[C@H](O)[C@H](CC(C)C)NC(=O)[C@H](C)NC(=O)[C@H](Cc1ccccc1)NC(=O)CC(C)C. The number of carbonyl (C=O) groups is 6. The lowest BCUT2D eigenvalue weighted by molar-refractivity contribution is -0.144. The van der Waals surface area contributed by atoms with E-state index in [9.17, 15) is 39.0 Å². The first kappa shape index (κ1) is 45.0. The summed E-state index contributed by atoms with van der Waals surface area (Å²) in [5.41, 5.74) is 0.830. The summed E-state index contributed by atoms with van der Waals surface area (Å²) in [4.78, 5) is 76.7. The average molecular weight is 720 g/mol. The van der Waals surface area contributed by atoms with Crippen LogP contribution in [0.5, 0.6) is 0 Å². The van der Waals surface area contributed by atoms with Crippen LogP contribution in [0.1, 0.15) is 93.1 Å². The minimum atomic E-state index is -1.33. The molecule has 7 N–H and O–H groups in total. The zero-order chi connectivity index (χ0) is 38.8. The first-order valence-electron chi connectivity index (χ1n) is 17.8. The maximum atomic E-state index is 13.3. The van der Waals surface area contributed by atoms with Crippen LogP contribution in [0.4, 0.5) is 0 Å². The van der Waals surface area contributed by atoms with Crippen molar-refractivity contribution in [1.29, 1.82) is 0 Å². The van der Waals surface area contributed by atoms with Crippen LogP contribution in [0.15, 0.2) is 30.3 Å². The van der Waals surface area contributed by atoms with E-state index in [2.05, 4.69) is 31.3 Å². The summed E-state index contributed by atoms with van der Waals surface area (Å²) in [7, 11) is 1.20. The lowest BCUT2D eigenvalue weighted by atomic mass is 9.96. The van der Waals surface area contributed by atoms with Crippen molar-refractivity contribution in [2.24, 2.45) is 17.8 Å².